The molecule has 0 radical (unpaired) electrons. The van der Waals surface area contributed by atoms with Crippen LogP contribution in [-0.2, 0) is 14.1 Å². The van der Waals surface area contributed by atoms with Crippen LogP contribution in [0.3, 0.4) is 0 Å². The van der Waals surface area contributed by atoms with Gasteiger partial charge in [0.15, 0.2) is 0 Å². The van der Waals surface area contributed by atoms with Gasteiger partial charge in [-0.3, -0.25) is 0 Å². The smallest absolute Gasteiger partial charge is 0.475 e. The van der Waals surface area contributed by atoms with E-state index in [2.05, 4.69) is 34.6 Å². The highest BCUT2D eigenvalue weighted by molar-refractivity contribution is 6.47. The Morgan fingerprint density at radius 2 is 1.85 bits per heavy atom. The third-order valence-electron chi connectivity index (χ3n) is 6.30. The highest BCUT2D eigenvalue weighted by atomic mass is 19.4. The molecule has 9 heteroatoms. The van der Waals surface area contributed by atoms with Crippen molar-refractivity contribution in [2.75, 3.05) is 0 Å². The molecule has 0 amide bonds. The van der Waals surface area contributed by atoms with Gasteiger partial charge in [-0.05, 0) is 49.4 Å². The molecule has 1 aliphatic heterocycles. The summed E-state index contributed by atoms with van der Waals surface area (Å²) >= 11 is 0. The van der Waals surface area contributed by atoms with E-state index in [0.29, 0.717) is 17.3 Å². The van der Waals surface area contributed by atoms with Gasteiger partial charge in [0, 0.05) is 5.94 Å². The minimum absolute atomic E-state index is 0.00253. The van der Waals surface area contributed by atoms with Crippen molar-refractivity contribution in [1.82, 2.24) is 0 Å². The van der Waals surface area contributed by atoms with Crippen molar-refractivity contribution in [3.63, 3.8) is 0 Å². The lowest BCUT2D eigenvalue weighted by molar-refractivity contribution is -0.199. The number of alkyl halides is 3. The van der Waals surface area contributed by atoms with E-state index in [1.165, 1.54) is 6.42 Å². The number of rotatable bonds is 3. The van der Waals surface area contributed by atoms with Crippen molar-refractivity contribution in [2.24, 2.45) is 28.9 Å². The molecule has 3 unspecified atom stereocenters. The first-order valence-electron chi connectivity index (χ1n) is 9.08. The molecule has 3 aliphatic carbocycles. The van der Waals surface area contributed by atoms with Crippen LogP contribution >= 0.6 is 0 Å². The zero-order valence-corrected chi connectivity index (χ0v) is 16.0. The molecule has 0 aromatic rings. The number of hydrogen-bond acceptors (Lipinski definition) is 4. The summed E-state index contributed by atoms with van der Waals surface area (Å²) in [5.41, 5.74) is 6.56. The van der Waals surface area contributed by atoms with Gasteiger partial charge in [-0.25, -0.2) is 4.79 Å². The second-order valence-corrected chi connectivity index (χ2v) is 8.93. The Kier molecular flexibility index (Phi) is 5.77. The summed E-state index contributed by atoms with van der Waals surface area (Å²) in [6.45, 7) is 11.4. The third-order valence-corrected chi connectivity index (χ3v) is 6.30. The predicted molar refractivity (Wildman–Crippen MR) is 91.2 cm³/mol. The molecule has 0 aromatic heterocycles. The highest BCUT2D eigenvalue weighted by Gasteiger charge is 2.68. The van der Waals surface area contributed by atoms with Crippen molar-refractivity contribution in [1.29, 1.82) is 0 Å². The molecular formula is C17H29BF3NO4. The molecule has 150 valence electrons. The fraction of sp³-hybridized carbons (Fsp3) is 0.941. The maximum atomic E-state index is 10.6. The first kappa shape index (κ1) is 21.5. The molecule has 2 bridgehead atoms. The minimum Gasteiger partial charge on any atom is -0.475 e. The van der Waals surface area contributed by atoms with Crippen LogP contribution in [0.5, 0.6) is 0 Å². The van der Waals surface area contributed by atoms with Crippen LogP contribution < -0.4 is 5.73 Å². The molecular weight excluding hydrogens is 350 g/mol. The number of carboxylic acids is 1. The summed E-state index contributed by atoms with van der Waals surface area (Å²) in [6, 6.07) is 0. The quantitative estimate of drug-likeness (QED) is 0.736. The Bertz CT molecular complexity index is 543. The van der Waals surface area contributed by atoms with E-state index in [4.69, 9.17) is 24.9 Å². The van der Waals surface area contributed by atoms with Gasteiger partial charge in [-0.15, -0.1) is 0 Å². The van der Waals surface area contributed by atoms with Gasteiger partial charge in [0.2, 0.25) is 0 Å². The van der Waals surface area contributed by atoms with Crippen LogP contribution in [0.25, 0.3) is 0 Å². The minimum atomic E-state index is -5.08. The summed E-state index contributed by atoms with van der Waals surface area (Å²) < 4.78 is 44.3. The van der Waals surface area contributed by atoms with E-state index in [-0.39, 0.29) is 24.8 Å². The number of halogens is 3. The summed E-state index contributed by atoms with van der Waals surface area (Å²) in [6.07, 6.45) is -1.42. The van der Waals surface area contributed by atoms with E-state index in [1.54, 1.807) is 0 Å². The van der Waals surface area contributed by atoms with E-state index in [9.17, 15) is 13.2 Å². The van der Waals surface area contributed by atoms with Crippen molar-refractivity contribution in [3.8, 4) is 0 Å². The first-order valence-corrected chi connectivity index (χ1v) is 9.08. The third kappa shape index (κ3) is 3.89. The zero-order valence-electron chi connectivity index (χ0n) is 16.0. The standard InChI is InChI=1S/C15H28BNO2.C2HF3O2/c1-9(2)6-13(17)16-18-12-8-10-7-11(14(10,3)4)15(12,5)19-16;3-2(4,5)1(6)7/h9-13H,6-8,17H2,1-5H3;(H,6,7)/t10?,11?,12?,13-,15+;/m1./s1. The van der Waals surface area contributed by atoms with Gasteiger partial charge in [0.05, 0.1) is 11.7 Å². The molecule has 4 fully saturated rings. The maximum Gasteiger partial charge on any atom is 0.490 e. The lowest BCUT2D eigenvalue weighted by Gasteiger charge is -2.64. The Hall–Kier alpha value is -0.795. The molecule has 26 heavy (non-hydrogen) atoms. The molecule has 1 heterocycles. The van der Waals surface area contributed by atoms with Gasteiger partial charge in [-0.2, -0.15) is 13.2 Å². The molecule has 4 aliphatic rings. The van der Waals surface area contributed by atoms with Gasteiger partial charge in [-0.1, -0.05) is 27.7 Å². The lowest BCUT2D eigenvalue weighted by atomic mass is 9.43. The average Bonchev–Trinajstić information content (AvgIpc) is 2.83. The molecule has 3 N–H and O–H groups in total. The predicted octanol–water partition coefficient (Wildman–Crippen LogP) is 3.26. The molecule has 3 saturated carbocycles. The van der Waals surface area contributed by atoms with Crippen molar-refractivity contribution in [3.05, 3.63) is 0 Å². The normalized spacial score (nSPS) is 35.9. The number of hydrogen-bond donors (Lipinski definition) is 2. The number of aliphatic carboxylic acids is 1. The van der Waals surface area contributed by atoms with Crippen LogP contribution in [0.15, 0.2) is 0 Å². The topological polar surface area (TPSA) is 81.8 Å². The summed E-state index contributed by atoms with van der Waals surface area (Å²) in [4.78, 5) is 8.90. The van der Waals surface area contributed by atoms with E-state index in [1.807, 2.05) is 0 Å². The number of nitrogens with two attached hydrogens (primary N) is 1. The zero-order chi connectivity index (χ0) is 20.1. The molecule has 5 atom stereocenters. The summed E-state index contributed by atoms with van der Waals surface area (Å²) in [5, 5.41) is 7.12. The van der Waals surface area contributed by atoms with Gasteiger partial charge < -0.3 is 20.1 Å². The van der Waals surface area contributed by atoms with Crippen molar-refractivity contribution < 1.29 is 32.4 Å². The van der Waals surface area contributed by atoms with Crippen LogP contribution in [0.1, 0.15) is 53.9 Å². The Morgan fingerprint density at radius 1 is 1.31 bits per heavy atom. The highest BCUT2D eigenvalue weighted by Crippen LogP contribution is 2.65. The average molecular weight is 379 g/mol. The molecule has 1 saturated heterocycles. The molecule has 0 spiro atoms. The molecule has 4 rings (SSSR count). The van der Waals surface area contributed by atoms with E-state index < -0.39 is 12.1 Å². The van der Waals surface area contributed by atoms with Crippen LogP contribution in [0.2, 0.25) is 0 Å². The van der Waals surface area contributed by atoms with Crippen molar-refractivity contribution >= 4 is 13.1 Å². The van der Waals surface area contributed by atoms with Gasteiger partial charge in [0.1, 0.15) is 0 Å². The SMILES string of the molecule is CC(C)C[C@@H](N)B1OC2CC3CC(C3(C)C)[C@]2(C)O1.O=C(O)C(F)(F)F. The van der Waals surface area contributed by atoms with E-state index >= 15 is 0 Å². The van der Waals surface area contributed by atoms with E-state index in [0.717, 1.165) is 18.8 Å². The lowest BCUT2D eigenvalue weighted by Crippen LogP contribution is -2.65. The summed E-state index contributed by atoms with van der Waals surface area (Å²) in [5.74, 6) is -0.739. The second-order valence-electron chi connectivity index (χ2n) is 8.93. The van der Waals surface area contributed by atoms with Crippen molar-refractivity contribution in [2.45, 2.75) is 77.7 Å². The molecule has 0 aromatic carbocycles. The second kappa shape index (κ2) is 6.98. The van der Waals surface area contributed by atoms with Gasteiger partial charge in [0.25, 0.3) is 0 Å². The largest absolute Gasteiger partial charge is 0.490 e. The van der Waals surface area contributed by atoms with Crippen LogP contribution in [0.4, 0.5) is 13.2 Å². The number of carbonyl (C=O) groups is 1. The first-order chi connectivity index (χ1) is 11.7. The maximum absolute atomic E-state index is 10.6. The van der Waals surface area contributed by atoms with Crippen LogP contribution in [-0.4, -0.2) is 42.0 Å². The Labute approximate surface area is 152 Å². The Morgan fingerprint density at radius 3 is 2.27 bits per heavy atom. The Balaban J connectivity index is 0.000000298. The fourth-order valence-corrected chi connectivity index (χ4v) is 4.74. The molecule has 5 nitrogen and oxygen atoms in total. The van der Waals surface area contributed by atoms with Crippen LogP contribution in [0, 0.1) is 23.2 Å². The summed E-state index contributed by atoms with van der Waals surface area (Å²) in [7, 11) is -0.201. The fourth-order valence-electron chi connectivity index (χ4n) is 4.74. The van der Waals surface area contributed by atoms with Gasteiger partial charge >= 0.3 is 19.3 Å². The number of carboxylic acid groups (broad SMARTS) is 1. The monoisotopic (exact) mass is 379 g/mol.